The first-order valence-electron chi connectivity index (χ1n) is 6.28. The van der Waals surface area contributed by atoms with Gasteiger partial charge in [0.05, 0.1) is 0 Å². The van der Waals surface area contributed by atoms with Gasteiger partial charge < -0.3 is 9.84 Å². The van der Waals surface area contributed by atoms with Gasteiger partial charge in [0.15, 0.2) is 5.82 Å². The third-order valence-electron chi connectivity index (χ3n) is 3.08. The van der Waals surface area contributed by atoms with Crippen molar-refractivity contribution in [3.63, 3.8) is 0 Å². The summed E-state index contributed by atoms with van der Waals surface area (Å²) in [5, 5.41) is 8.65. The number of anilines is 1. The van der Waals surface area contributed by atoms with Crippen LogP contribution < -0.4 is 10.6 Å². The highest BCUT2D eigenvalue weighted by molar-refractivity contribution is 6.39. The number of hydrogen-bond donors (Lipinski definition) is 2. The van der Waals surface area contributed by atoms with Crippen LogP contribution in [-0.4, -0.2) is 23.0 Å². The Hall–Kier alpha value is -1.85. The molecule has 0 radical (unpaired) electrons. The van der Waals surface area contributed by atoms with E-state index in [1.165, 1.54) is 25.2 Å². The fraction of sp³-hybridized carbons (Fsp3) is 0.583. The Morgan fingerprint density at radius 1 is 1.17 bits per heavy atom. The van der Waals surface area contributed by atoms with E-state index in [0.717, 1.165) is 25.7 Å². The van der Waals surface area contributed by atoms with E-state index < -0.39 is 11.8 Å². The Morgan fingerprint density at radius 3 is 2.50 bits per heavy atom. The summed E-state index contributed by atoms with van der Waals surface area (Å²) in [6.45, 7) is 0. The topological polar surface area (TPSA) is 84.2 Å². The number of nitrogens with one attached hydrogen (secondary N) is 2. The van der Waals surface area contributed by atoms with E-state index in [9.17, 15) is 9.59 Å². The molecule has 98 valence electrons. The maximum absolute atomic E-state index is 11.7. The second-order valence-corrected chi connectivity index (χ2v) is 4.50. The van der Waals surface area contributed by atoms with Crippen molar-refractivity contribution in [2.24, 2.45) is 0 Å². The Bertz CT molecular complexity index is 395. The molecule has 1 heterocycles. The third kappa shape index (κ3) is 3.58. The smallest absolute Gasteiger partial charge is 0.314 e. The van der Waals surface area contributed by atoms with Crippen LogP contribution in [0.1, 0.15) is 38.5 Å². The molecule has 18 heavy (non-hydrogen) atoms. The van der Waals surface area contributed by atoms with Gasteiger partial charge in [0.2, 0.25) is 0 Å². The van der Waals surface area contributed by atoms with Crippen LogP contribution in [-0.2, 0) is 9.59 Å². The molecule has 2 N–H and O–H groups in total. The van der Waals surface area contributed by atoms with Crippen molar-refractivity contribution in [1.82, 2.24) is 10.5 Å². The zero-order valence-corrected chi connectivity index (χ0v) is 10.1. The van der Waals surface area contributed by atoms with Crippen molar-refractivity contribution in [3.05, 3.63) is 12.3 Å². The van der Waals surface area contributed by atoms with Crippen molar-refractivity contribution in [1.29, 1.82) is 0 Å². The molecule has 0 saturated heterocycles. The van der Waals surface area contributed by atoms with Crippen molar-refractivity contribution in [2.45, 2.75) is 44.6 Å². The molecule has 2 amide bonds. The summed E-state index contributed by atoms with van der Waals surface area (Å²) in [4.78, 5) is 23.2. The van der Waals surface area contributed by atoms with Crippen LogP contribution in [0.5, 0.6) is 0 Å². The van der Waals surface area contributed by atoms with Crippen LogP contribution >= 0.6 is 0 Å². The first-order valence-corrected chi connectivity index (χ1v) is 6.28. The first-order chi connectivity index (χ1) is 8.75. The summed E-state index contributed by atoms with van der Waals surface area (Å²) < 4.78 is 4.57. The quantitative estimate of drug-likeness (QED) is 0.615. The van der Waals surface area contributed by atoms with E-state index >= 15 is 0 Å². The normalized spacial score (nSPS) is 16.9. The summed E-state index contributed by atoms with van der Waals surface area (Å²) in [5.41, 5.74) is 0. The largest absolute Gasteiger partial charge is 0.363 e. The maximum Gasteiger partial charge on any atom is 0.314 e. The average molecular weight is 251 g/mol. The summed E-state index contributed by atoms with van der Waals surface area (Å²) in [5.74, 6) is -1.06. The van der Waals surface area contributed by atoms with Crippen molar-refractivity contribution in [3.8, 4) is 0 Å². The van der Waals surface area contributed by atoms with E-state index in [0.29, 0.717) is 0 Å². The molecule has 0 aromatic carbocycles. The van der Waals surface area contributed by atoms with Crippen LogP contribution in [0.15, 0.2) is 16.9 Å². The van der Waals surface area contributed by atoms with E-state index in [4.69, 9.17) is 0 Å². The molecular weight excluding hydrogens is 234 g/mol. The zero-order chi connectivity index (χ0) is 12.8. The number of aromatic nitrogens is 1. The van der Waals surface area contributed by atoms with E-state index in [1.54, 1.807) is 0 Å². The number of carbonyl (C=O) groups excluding carboxylic acids is 2. The number of nitrogens with zero attached hydrogens (tertiary/aromatic N) is 1. The summed E-state index contributed by atoms with van der Waals surface area (Å²) in [6.07, 6.45) is 7.85. The number of hydrogen-bond acceptors (Lipinski definition) is 4. The lowest BCUT2D eigenvalue weighted by Gasteiger charge is -2.15. The summed E-state index contributed by atoms with van der Waals surface area (Å²) >= 11 is 0. The van der Waals surface area contributed by atoms with Gasteiger partial charge >= 0.3 is 11.8 Å². The zero-order valence-electron chi connectivity index (χ0n) is 10.1. The molecular formula is C12H17N3O3. The van der Waals surface area contributed by atoms with Crippen LogP contribution in [0.3, 0.4) is 0 Å². The highest BCUT2D eigenvalue weighted by Gasteiger charge is 2.20. The van der Waals surface area contributed by atoms with Gasteiger partial charge in [0.1, 0.15) is 6.26 Å². The second-order valence-electron chi connectivity index (χ2n) is 4.50. The van der Waals surface area contributed by atoms with Crippen molar-refractivity contribution >= 4 is 17.6 Å². The lowest BCUT2D eigenvalue weighted by Crippen LogP contribution is -2.41. The molecule has 1 fully saturated rings. The van der Waals surface area contributed by atoms with Gasteiger partial charge in [0, 0.05) is 12.1 Å². The molecule has 0 atom stereocenters. The molecule has 6 nitrogen and oxygen atoms in total. The number of amides is 2. The van der Waals surface area contributed by atoms with Gasteiger partial charge in [-0.05, 0) is 12.8 Å². The minimum absolute atomic E-state index is 0.114. The molecule has 1 aromatic heterocycles. The minimum Gasteiger partial charge on any atom is -0.363 e. The molecule has 0 spiro atoms. The van der Waals surface area contributed by atoms with E-state index in [1.807, 2.05) is 0 Å². The first kappa shape index (κ1) is 12.6. The Morgan fingerprint density at radius 2 is 1.89 bits per heavy atom. The molecule has 0 bridgehead atoms. The molecule has 1 aromatic rings. The Kier molecular flexibility index (Phi) is 4.33. The molecule has 0 unspecified atom stereocenters. The van der Waals surface area contributed by atoms with Gasteiger partial charge in [-0.2, -0.15) is 0 Å². The van der Waals surface area contributed by atoms with E-state index in [-0.39, 0.29) is 11.9 Å². The van der Waals surface area contributed by atoms with Crippen molar-refractivity contribution in [2.75, 3.05) is 5.32 Å². The molecule has 1 aliphatic rings. The predicted molar refractivity (Wildman–Crippen MR) is 64.8 cm³/mol. The third-order valence-corrected chi connectivity index (χ3v) is 3.08. The van der Waals surface area contributed by atoms with Crippen LogP contribution in [0.4, 0.5) is 5.82 Å². The number of carbonyl (C=O) groups is 2. The average Bonchev–Trinajstić information content (AvgIpc) is 2.72. The number of rotatable bonds is 2. The van der Waals surface area contributed by atoms with Gasteiger partial charge in [-0.15, -0.1) is 0 Å². The summed E-state index contributed by atoms with van der Waals surface area (Å²) in [7, 11) is 0. The molecule has 0 aliphatic heterocycles. The van der Waals surface area contributed by atoms with Crippen LogP contribution in [0.2, 0.25) is 0 Å². The second kappa shape index (κ2) is 6.18. The predicted octanol–water partition coefficient (Wildman–Crippen LogP) is 1.45. The Balaban J connectivity index is 1.81. The van der Waals surface area contributed by atoms with Gasteiger partial charge in [-0.3, -0.25) is 14.9 Å². The fourth-order valence-corrected chi connectivity index (χ4v) is 2.12. The van der Waals surface area contributed by atoms with Gasteiger partial charge in [0.25, 0.3) is 0 Å². The summed E-state index contributed by atoms with van der Waals surface area (Å²) in [6, 6.07) is 1.60. The highest BCUT2D eigenvalue weighted by atomic mass is 16.5. The highest BCUT2D eigenvalue weighted by Crippen LogP contribution is 2.17. The SMILES string of the molecule is O=C(Nc1ccon1)C(=O)NC1CCCCCC1. The van der Waals surface area contributed by atoms with E-state index in [2.05, 4.69) is 20.3 Å². The minimum atomic E-state index is -0.701. The van der Waals surface area contributed by atoms with Gasteiger partial charge in [-0.1, -0.05) is 30.8 Å². The standard InChI is InChI=1S/C12H17N3O3/c16-11(12(17)14-10-7-8-18-15-10)13-9-5-3-1-2-4-6-9/h7-9H,1-6H2,(H,13,16)(H,14,15,17). The maximum atomic E-state index is 11.7. The van der Waals surface area contributed by atoms with Crippen LogP contribution in [0, 0.1) is 0 Å². The lowest BCUT2D eigenvalue weighted by atomic mass is 10.1. The molecule has 2 rings (SSSR count). The monoisotopic (exact) mass is 251 g/mol. The van der Waals surface area contributed by atoms with Crippen molar-refractivity contribution < 1.29 is 14.1 Å². The molecule has 1 saturated carbocycles. The van der Waals surface area contributed by atoms with Gasteiger partial charge in [-0.25, -0.2) is 0 Å². The Labute approximate surface area is 105 Å². The molecule has 6 heteroatoms. The fourth-order valence-electron chi connectivity index (χ4n) is 2.12. The lowest BCUT2D eigenvalue weighted by molar-refractivity contribution is -0.136. The van der Waals surface area contributed by atoms with Crippen LogP contribution in [0.25, 0.3) is 0 Å². The molecule has 1 aliphatic carbocycles.